The van der Waals surface area contributed by atoms with E-state index in [-0.39, 0.29) is 11.7 Å². The first kappa shape index (κ1) is 8.69. The van der Waals surface area contributed by atoms with Crippen LogP contribution in [0.15, 0.2) is 42.6 Å². The molecule has 2 rings (SSSR count). The van der Waals surface area contributed by atoms with E-state index in [4.69, 9.17) is 0 Å². The van der Waals surface area contributed by atoms with Gasteiger partial charge in [-0.3, -0.25) is 4.79 Å². The molecule has 0 spiro atoms. The molecule has 1 aliphatic heterocycles. The lowest BCUT2D eigenvalue weighted by atomic mass is 10.1. The second-order valence-electron chi connectivity index (χ2n) is 3.04. The van der Waals surface area contributed by atoms with Gasteiger partial charge in [-0.2, -0.15) is 0 Å². The number of amides is 1. The molecule has 0 saturated heterocycles. The Bertz CT molecular complexity index is 448. The average Bonchev–Trinajstić information content (AvgIpc) is 2.45. The molecule has 1 aromatic carbocycles. The smallest absolute Gasteiger partial charge is 0.249 e. The molecule has 1 aliphatic rings. The molecule has 1 aromatic rings. The van der Waals surface area contributed by atoms with E-state index in [0.29, 0.717) is 16.8 Å². The summed E-state index contributed by atoms with van der Waals surface area (Å²) >= 11 is 0. The van der Waals surface area contributed by atoms with E-state index in [2.05, 4.69) is 11.9 Å². The van der Waals surface area contributed by atoms with Gasteiger partial charge in [0.1, 0.15) is 5.82 Å². The van der Waals surface area contributed by atoms with Crippen molar-refractivity contribution in [3.63, 3.8) is 0 Å². The molecule has 3 heteroatoms. The topological polar surface area (TPSA) is 29.1 Å². The zero-order valence-electron chi connectivity index (χ0n) is 7.38. The highest BCUT2D eigenvalue weighted by Crippen LogP contribution is 2.24. The molecule has 0 aromatic heterocycles. The predicted molar refractivity (Wildman–Crippen MR) is 51.7 cm³/mol. The minimum atomic E-state index is -0.324. The van der Waals surface area contributed by atoms with Gasteiger partial charge in [0.15, 0.2) is 0 Å². The van der Waals surface area contributed by atoms with Gasteiger partial charge in [-0.05, 0) is 17.7 Å². The van der Waals surface area contributed by atoms with Crippen molar-refractivity contribution in [1.29, 1.82) is 0 Å². The second-order valence-corrected chi connectivity index (χ2v) is 3.04. The summed E-state index contributed by atoms with van der Waals surface area (Å²) in [5.74, 6) is -0.537. The molecule has 1 heterocycles. The van der Waals surface area contributed by atoms with Crippen LogP contribution in [-0.2, 0) is 4.79 Å². The Morgan fingerprint density at radius 3 is 2.71 bits per heavy atom. The summed E-state index contributed by atoms with van der Waals surface area (Å²) in [6.07, 6.45) is 1.41. The van der Waals surface area contributed by atoms with Crippen molar-refractivity contribution in [2.24, 2.45) is 0 Å². The number of rotatable bonds is 1. The Hall–Kier alpha value is -1.90. The van der Waals surface area contributed by atoms with Crippen LogP contribution in [0, 0.1) is 5.82 Å². The molecule has 0 aliphatic carbocycles. The Kier molecular flexibility index (Phi) is 1.93. The minimum absolute atomic E-state index is 0.214. The summed E-state index contributed by atoms with van der Waals surface area (Å²) in [6, 6.07) is 6.07. The first-order valence-corrected chi connectivity index (χ1v) is 4.15. The Morgan fingerprint density at radius 1 is 1.36 bits per heavy atom. The molecule has 1 amide bonds. The van der Waals surface area contributed by atoms with Crippen LogP contribution in [0.3, 0.4) is 0 Å². The number of nitrogens with one attached hydrogen (secondary N) is 1. The van der Waals surface area contributed by atoms with Gasteiger partial charge in [0, 0.05) is 17.3 Å². The molecular formula is C11H8FNO. The fourth-order valence-corrected chi connectivity index (χ4v) is 1.38. The molecule has 0 bridgehead atoms. The van der Waals surface area contributed by atoms with Crippen molar-refractivity contribution < 1.29 is 9.18 Å². The lowest BCUT2D eigenvalue weighted by Crippen LogP contribution is -2.12. The third-order valence-electron chi connectivity index (χ3n) is 2.01. The van der Waals surface area contributed by atoms with Gasteiger partial charge >= 0.3 is 0 Å². The molecule has 14 heavy (non-hydrogen) atoms. The van der Waals surface area contributed by atoms with Crippen molar-refractivity contribution in [3.8, 4) is 0 Å². The molecule has 0 atom stereocenters. The van der Waals surface area contributed by atoms with Crippen LogP contribution in [0.25, 0.3) is 5.57 Å². The Balaban J connectivity index is 2.45. The van der Waals surface area contributed by atoms with E-state index in [1.807, 2.05) is 0 Å². The fraction of sp³-hybridized carbons (Fsp3) is 0. The standard InChI is InChI=1S/C11H8FNO/c1-7-10(6-11(14)13-7)8-3-2-4-9(12)5-8/h2-6H,1H2,(H,13,14). The Morgan fingerprint density at radius 2 is 2.14 bits per heavy atom. The molecule has 2 nitrogen and oxygen atoms in total. The number of halogens is 1. The number of hydrogen-bond acceptors (Lipinski definition) is 1. The average molecular weight is 189 g/mol. The normalized spacial score (nSPS) is 15.4. The lowest BCUT2D eigenvalue weighted by molar-refractivity contribution is -0.115. The molecule has 0 unspecified atom stereocenters. The van der Waals surface area contributed by atoms with Gasteiger partial charge in [0.05, 0.1) is 0 Å². The van der Waals surface area contributed by atoms with Gasteiger partial charge in [-0.1, -0.05) is 18.7 Å². The van der Waals surface area contributed by atoms with Gasteiger partial charge in [0.25, 0.3) is 0 Å². The van der Waals surface area contributed by atoms with Crippen LogP contribution in [0.5, 0.6) is 0 Å². The van der Waals surface area contributed by atoms with Gasteiger partial charge in [-0.15, -0.1) is 0 Å². The van der Waals surface area contributed by atoms with Gasteiger partial charge in [-0.25, -0.2) is 4.39 Å². The predicted octanol–water partition coefficient (Wildman–Crippen LogP) is 1.85. The minimum Gasteiger partial charge on any atom is -0.322 e. The first-order valence-electron chi connectivity index (χ1n) is 4.15. The second kappa shape index (κ2) is 3.10. The summed E-state index contributed by atoms with van der Waals surface area (Å²) in [5.41, 5.74) is 1.82. The zero-order chi connectivity index (χ0) is 10.1. The summed E-state index contributed by atoms with van der Waals surface area (Å²) in [7, 11) is 0. The summed E-state index contributed by atoms with van der Waals surface area (Å²) < 4.78 is 12.9. The van der Waals surface area contributed by atoms with Crippen LogP contribution < -0.4 is 5.32 Å². The monoisotopic (exact) mass is 189 g/mol. The molecule has 1 N–H and O–H groups in total. The maximum absolute atomic E-state index is 12.9. The molecule has 0 fully saturated rings. The Labute approximate surface area is 80.7 Å². The SMILES string of the molecule is C=C1NC(=O)C=C1c1cccc(F)c1. The highest BCUT2D eigenvalue weighted by molar-refractivity contribution is 6.06. The summed E-state index contributed by atoms with van der Waals surface area (Å²) in [4.78, 5) is 11.0. The van der Waals surface area contributed by atoms with E-state index in [1.54, 1.807) is 12.1 Å². The summed E-state index contributed by atoms with van der Waals surface area (Å²) in [6.45, 7) is 3.67. The quantitative estimate of drug-likeness (QED) is 0.717. The third kappa shape index (κ3) is 1.44. The van der Waals surface area contributed by atoms with E-state index in [0.717, 1.165) is 0 Å². The summed E-state index contributed by atoms with van der Waals surface area (Å²) in [5, 5.41) is 2.54. The number of carbonyl (C=O) groups excluding carboxylic acids is 1. The first-order chi connectivity index (χ1) is 6.66. The number of allylic oxidation sites excluding steroid dienone is 1. The van der Waals surface area contributed by atoms with Gasteiger partial charge < -0.3 is 5.32 Å². The van der Waals surface area contributed by atoms with Crippen molar-refractivity contribution in [1.82, 2.24) is 5.32 Å². The number of carbonyl (C=O) groups is 1. The maximum Gasteiger partial charge on any atom is 0.249 e. The van der Waals surface area contributed by atoms with Crippen molar-refractivity contribution >= 4 is 11.5 Å². The molecule has 70 valence electrons. The van der Waals surface area contributed by atoms with E-state index >= 15 is 0 Å². The van der Waals surface area contributed by atoms with Crippen LogP contribution in [0.2, 0.25) is 0 Å². The fourth-order valence-electron chi connectivity index (χ4n) is 1.38. The zero-order valence-corrected chi connectivity index (χ0v) is 7.38. The highest BCUT2D eigenvalue weighted by atomic mass is 19.1. The maximum atomic E-state index is 12.9. The van der Waals surface area contributed by atoms with Crippen molar-refractivity contribution in [2.45, 2.75) is 0 Å². The van der Waals surface area contributed by atoms with E-state index in [1.165, 1.54) is 18.2 Å². The van der Waals surface area contributed by atoms with Crippen molar-refractivity contribution in [2.75, 3.05) is 0 Å². The number of hydrogen-bond donors (Lipinski definition) is 1. The molecule has 0 radical (unpaired) electrons. The lowest BCUT2D eigenvalue weighted by Gasteiger charge is -2.03. The van der Waals surface area contributed by atoms with Crippen molar-refractivity contribution in [3.05, 3.63) is 54.0 Å². The van der Waals surface area contributed by atoms with Crippen LogP contribution in [0.1, 0.15) is 5.56 Å². The third-order valence-corrected chi connectivity index (χ3v) is 2.01. The molecule has 0 saturated carbocycles. The van der Waals surface area contributed by atoms with E-state index < -0.39 is 0 Å². The highest BCUT2D eigenvalue weighted by Gasteiger charge is 2.16. The largest absolute Gasteiger partial charge is 0.322 e. The van der Waals surface area contributed by atoms with Gasteiger partial charge in [0.2, 0.25) is 5.91 Å². The van der Waals surface area contributed by atoms with E-state index in [9.17, 15) is 9.18 Å². The van der Waals surface area contributed by atoms with Crippen LogP contribution in [-0.4, -0.2) is 5.91 Å². The van der Waals surface area contributed by atoms with Crippen LogP contribution >= 0.6 is 0 Å². The number of benzene rings is 1. The van der Waals surface area contributed by atoms with Crippen LogP contribution in [0.4, 0.5) is 4.39 Å². The molecular weight excluding hydrogens is 181 g/mol.